The van der Waals surface area contributed by atoms with Gasteiger partial charge in [0.25, 0.3) is 0 Å². The lowest BCUT2D eigenvalue weighted by molar-refractivity contribution is -0.121. The van der Waals surface area contributed by atoms with Gasteiger partial charge in [0.05, 0.1) is 4.75 Å². The van der Waals surface area contributed by atoms with Crippen LogP contribution in [0.2, 0.25) is 0 Å². The van der Waals surface area contributed by atoms with Gasteiger partial charge in [0.1, 0.15) is 5.78 Å². The maximum absolute atomic E-state index is 11.5. The Kier molecular flexibility index (Phi) is 3.55. The van der Waals surface area contributed by atoms with Crippen molar-refractivity contribution in [3.63, 3.8) is 0 Å². The van der Waals surface area contributed by atoms with Gasteiger partial charge in [-0.15, -0.1) is 0 Å². The van der Waals surface area contributed by atoms with E-state index in [4.69, 9.17) is 0 Å². The van der Waals surface area contributed by atoms with E-state index in [-0.39, 0.29) is 5.78 Å². The quantitative estimate of drug-likeness (QED) is 0.711. The van der Waals surface area contributed by atoms with E-state index >= 15 is 0 Å². The van der Waals surface area contributed by atoms with E-state index in [1.54, 1.807) is 13.8 Å². The summed E-state index contributed by atoms with van der Waals surface area (Å²) in [6.07, 6.45) is 2.38. The molecule has 0 atom stereocenters. The van der Waals surface area contributed by atoms with Crippen molar-refractivity contribution in [3.05, 3.63) is 0 Å². The number of hydrogen-bond acceptors (Lipinski definition) is 4. The minimum absolute atomic E-state index is 0.281. The lowest BCUT2D eigenvalue weighted by Crippen LogP contribution is -2.46. The molecule has 1 heterocycles. The predicted molar refractivity (Wildman–Crippen MR) is 59.6 cm³/mol. The Bertz CT molecular complexity index is 336. The molecule has 1 aliphatic rings. The van der Waals surface area contributed by atoms with Crippen LogP contribution in [0.25, 0.3) is 0 Å². The first-order valence-electron chi connectivity index (χ1n) is 5.16. The number of rotatable bonds is 3. The maximum Gasteiger partial charge on any atom is 0.153 e. The van der Waals surface area contributed by atoms with Crippen LogP contribution in [0.5, 0.6) is 0 Å². The molecule has 5 heteroatoms. The van der Waals surface area contributed by atoms with Crippen molar-refractivity contribution in [2.45, 2.75) is 31.4 Å². The lowest BCUT2D eigenvalue weighted by Gasteiger charge is -2.33. The third-order valence-electron chi connectivity index (χ3n) is 3.02. The summed E-state index contributed by atoms with van der Waals surface area (Å²) in [7, 11) is -3.04. The van der Waals surface area contributed by atoms with Crippen LogP contribution in [0.15, 0.2) is 0 Å². The Morgan fingerprint density at radius 3 is 2.13 bits per heavy atom. The van der Waals surface area contributed by atoms with E-state index in [2.05, 4.69) is 4.90 Å². The normalized spacial score (nSPS) is 20.6. The highest BCUT2D eigenvalue weighted by Gasteiger charge is 2.33. The number of carbonyl (C=O) groups is 1. The summed E-state index contributed by atoms with van der Waals surface area (Å²) < 4.78 is 22.3. The van der Waals surface area contributed by atoms with E-state index in [0.29, 0.717) is 32.5 Å². The molecule has 1 aliphatic heterocycles. The summed E-state index contributed by atoms with van der Waals surface area (Å²) in [6.45, 7) is 5.37. The first-order valence-corrected chi connectivity index (χ1v) is 7.05. The van der Waals surface area contributed by atoms with Crippen LogP contribution >= 0.6 is 0 Å². The smallest absolute Gasteiger partial charge is 0.153 e. The van der Waals surface area contributed by atoms with Gasteiger partial charge in [0, 0.05) is 38.7 Å². The number of piperidine rings is 1. The summed E-state index contributed by atoms with van der Waals surface area (Å²) >= 11 is 0. The number of sulfone groups is 1. The first-order chi connectivity index (χ1) is 6.72. The van der Waals surface area contributed by atoms with Gasteiger partial charge in [-0.1, -0.05) is 0 Å². The number of carbonyl (C=O) groups excluding carboxylic acids is 1. The van der Waals surface area contributed by atoms with Crippen molar-refractivity contribution in [1.82, 2.24) is 4.90 Å². The van der Waals surface area contributed by atoms with Crippen LogP contribution in [0, 0.1) is 0 Å². The molecule has 0 unspecified atom stereocenters. The molecule has 0 radical (unpaired) electrons. The number of ketones is 1. The Morgan fingerprint density at radius 1 is 1.27 bits per heavy atom. The van der Waals surface area contributed by atoms with E-state index in [0.717, 1.165) is 0 Å². The zero-order valence-electron chi connectivity index (χ0n) is 9.62. The average Bonchev–Trinajstić information content (AvgIpc) is 2.06. The summed E-state index contributed by atoms with van der Waals surface area (Å²) in [4.78, 5) is 13.1. The van der Waals surface area contributed by atoms with Crippen molar-refractivity contribution < 1.29 is 13.2 Å². The molecule has 4 nitrogen and oxygen atoms in total. The van der Waals surface area contributed by atoms with Gasteiger partial charge in [0.2, 0.25) is 0 Å². The van der Waals surface area contributed by atoms with Crippen LogP contribution in [0.3, 0.4) is 0 Å². The van der Waals surface area contributed by atoms with Crippen LogP contribution < -0.4 is 0 Å². The van der Waals surface area contributed by atoms with Crippen molar-refractivity contribution in [3.8, 4) is 0 Å². The van der Waals surface area contributed by atoms with Crippen molar-refractivity contribution in [1.29, 1.82) is 0 Å². The largest absolute Gasteiger partial charge is 0.301 e. The summed E-state index contributed by atoms with van der Waals surface area (Å²) in [5.41, 5.74) is 0. The van der Waals surface area contributed by atoms with E-state index in [1.807, 2.05) is 0 Å². The molecule has 0 amide bonds. The minimum atomic E-state index is -3.04. The topological polar surface area (TPSA) is 54.5 Å². The van der Waals surface area contributed by atoms with Gasteiger partial charge in [-0.05, 0) is 13.8 Å². The van der Waals surface area contributed by atoms with Gasteiger partial charge >= 0.3 is 0 Å². The molecule has 1 saturated heterocycles. The van der Waals surface area contributed by atoms with Crippen LogP contribution in [-0.4, -0.2) is 49.7 Å². The van der Waals surface area contributed by atoms with Crippen LogP contribution in [0.1, 0.15) is 26.7 Å². The van der Waals surface area contributed by atoms with E-state index in [1.165, 1.54) is 6.26 Å². The number of hydrogen-bond donors (Lipinski definition) is 0. The summed E-state index contributed by atoms with van der Waals surface area (Å²) in [5.74, 6) is 0.281. The second-order valence-corrected chi connectivity index (χ2v) is 7.50. The van der Waals surface area contributed by atoms with Gasteiger partial charge in [-0.3, -0.25) is 4.79 Å². The Hall–Kier alpha value is -0.420. The highest BCUT2D eigenvalue weighted by molar-refractivity contribution is 7.92. The average molecular weight is 233 g/mol. The SMILES string of the molecule is CC(C)(CN1CCC(=O)CC1)S(C)(=O)=O. The van der Waals surface area contributed by atoms with E-state index in [9.17, 15) is 13.2 Å². The molecule has 0 N–H and O–H groups in total. The number of nitrogens with zero attached hydrogens (tertiary/aromatic N) is 1. The molecule has 0 bridgehead atoms. The summed E-state index contributed by atoms with van der Waals surface area (Å²) in [5, 5.41) is 0. The molecule has 1 fully saturated rings. The van der Waals surface area contributed by atoms with Crippen molar-refractivity contribution in [2.75, 3.05) is 25.9 Å². The molecule has 1 rings (SSSR count). The standard InChI is InChI=1S/C10H19NO3S/c1-10(2,15(3,13)14)8-11-6-4-9(12)5-7-11/h4-8H2,1-3H3. The summed E-state index contributed by atoms with van der Waals surface area (Å²) in [6, 6.07) is 0. The second kappa shape index (κ2) is 4.22. The third kappa shape index (κ3) is 3.28. The molecule has 15 heavy (non-hydrogen) atoms. The fraction of sp³-hybridized carbons (Fsp3) is 0.900. The van der Waals surface area contributed by atoms with Gasteiger partial charge in [-0.25, -0.2) is 8.42 Å². The Balaban J connectivity index is 2.59. The number of likely N-dealkylation sites (tertiary alicyclic amines) is 1. The molecule has 0 aromatic rings. The molecule has 0 aromatic carbocycles. The molecular formula is C10H19NO3S. The van der Waals surface area contributed by atoms with Crippen LogP contribution in [-0.2, 0) is 14.6 Å². The molecule has 0 spiro atoms. The zero-order chi connectivity index (χ0) is 11.7. The lowest BCUT2D eigenvalue weighted by atomic mass is 10.1. The van der Waals surface area contributed by atoms with Crippen LogP contribution in [0.4, 0.5) is 0 Å². The van der Waals surface area contributed by atoms with Gasteiger partial charge in [0.15, 0.2) is 9.84 Å². The maximum atomic E-state index is 11.5. The highest BCUT2D eigenvalue weighted by Crippen LogP contribution is 2.18. The fourth-order valence-corrected chi connectivity index (χ4v) is 2.03. The fourth-order valence-electron chi connectivity index (χ4n) is 1.62. The zero-order valence-corrected chi connectivity index (χ0v) is 10.4. The van der Waals surface area contributed by atoms with Crippen molar-refractivity contribution >= 4 is 15.6 Å². The molecule has 88 valence electrons. The molecule has 0 aromatic heterocycles. The highest BCUT2D eigenvalue weighted by atomic mass is 32.2. The minimum Gasteiger partial charge on any atom is -0.301 e. The third-order valence-corrected chi connectivity index (χ3v) is 5.16. The predicted octanol–water partition coefficient (Wildman–Crippen LogP) is 0.475. The monoisotopic (exact) mass is 233 g/mol. The Labute approximate surface area is 91.6 Å². The number of Topliss-reactive ketones (excluding diaryl/α,β-unsaturated/α-hetero) is 1. The van der Waals surface area contributed by atoms with Gasteiger partial charge in [-0.2, -0.15) is 0 Å². The van der Waals surface area contributed by atoms with Crippen molar-refractivity contribution in [2.24, 2.45) is 0 Å². The second-order valence-electron chi connectivity index (χ2n) is 4.85. The van der Waals surface area contributed by atoms with E-state index < -0.39 is 14.6 Å². The van der Waals surface area contributed by atoms with Gasteiger partial charge < -0.3 is 4.90 Å². The molecule has 0 aliphatic carbocycles. The first kappa shape index (κ1) is 12.6. The molecular weight excluding hydrogens is 214 g/mol. The Morgan fingerprint density at radius 2 is 1.73 bits per heavy atom. The molecule has 0 saturated carbocycles.